The maximum absolute atomic E-state index is 4.37. The van der Waals surface area contributed by atoms with Crippen molar-refractivity contribution in [2.45, 2.75) is 25.5 Å². The minimum absolute atomic E-state index is 0.290. The molecule has 0 saturated heterocycles. The second kappa shape index (κ2) is 3.30. The van der Waals surface area contributed by atoms with Gasteiger partial charge in [-0.2, -0.15) is 17.7 Å². The van der Waals surface area contributed by atoms with E-state index in [4.69, 9.17) is 0 Å². The van der Waals surface area contributed by atoms with Crippen molar-refractivity contribution >= 4 is 12.6 Å². The standard InChI is InChI=1S/C8H14N2S/c1-4-8-7(6(2)11)5-10(3)9-8/h5-6,11H,4H2,1-3H3. The molecule has 0 radical (unpaired) electrons. The molecule has 0 saturated carbocycles. The Hall–Kier alpha value is -0.440. The minimum Gasteiger partial charge on any atom is -0.275 e. The van der Waals surface area contributed by atoms with Gasteiger partial charge in [0.1, 0.15) is 0 Å². The van der Waals surface area contributed by atoms with Gasteiger partial charge in [-0.15, -0.1) is 0 Å². The van der Waals surface area contributed by atoms with E-state index in [1.54, 1.807) is 0 Å². The first-order valence-corrected chi connectivity index (χ1v) is 4.37. The highest BCUT2D eigenvalue weighted by molar-refractivity contribution is 7.80. The van der Waals surface area contributed by atoms with E-state index in [1.807, 2.05) is 17.9 Å². The van der Waals surface area contributed by atoms with Crippen LogP contribution >= 0.6 is 12.6 Å². The van der Waals surface area contributed by atoms with Crippen LogP contribution in [-0.2, 0) is 13.5 Å². The molecule has 1 unspecified atom stereocenters. The van der Waals surface area contributed by atoms with Gasteiger partial charge in [0.25, 0.3) is 0 Å². The number of hydrogen-bond donors (Lipinski definition) is 1. The Morgan fingerprint density at radius 2 is 2.36 bits per heavy atom. The van der Waals surface area contributed by atoms with Gasteiger partial charge >= 0.3 is 0 Å². The van der Waals surface area contributed by atoms with Gasteiger partial charge in [-0.25, -0.2) is 0 Å². The summed E-state index contributed by atoms with van der Waals surface area (Å²) in [5.41, 5.74) is 2.41. The zero-order valence-corrected chi connectivity index (χ0v) is 8.10. The summed E-state index contributed by atoms with van der Waals surface area (Å²) in [7, 11) is 1.94. The van der Waals surface area contributed by atoms with Gasteiger partial charge in [-0.3, -0.25) is 4.68 Å². The van der Waals surface area contributed by atoms with E-state index in [-0.39, 0.29) is 0 Å². The third-order valence-corrected chi connectivity index (χ3v) is 2.00. The topological polar surface area (TPSA) is 17.8 Å². The average molecular weight is 170 g/mol. The Morgan fingerprint density at radius 1 is 1.73 bits per heavy atom. The Balaban J connectivity index is 3.02. The number of aromatic nitrogens is 2. The normalized spacial score (nSPS) is 13.5. The number of hydrogen-bond acceptors (Lipinski definition) is 2. The van der Waals surface area contributed by atoms with Crippen LogP contribution in [0, 0.1) is 0 Å². The molecule has 2 nitrogen and oxygen atoms in total. The molecule has 0 bridgehead atoms. The predicted octanol–water partition coefficient (Wildman–Crippen LogP) is 1.97. The number of nitrogens with zero attached hydrogens (tertiary/aromatic N) is 2. The quantitative estimate of drug-likeness (QED) is 0.672. The highest BCUT2D eigenvalue weighted by Gasteiger charge is 2.08. The van der Waals surface area contributed by atoms with Crippen LogP contribution in [-0.4, -0.2) is 9.78 Å². The second-order valence-electron chi connectivity index (χ2n) is 2.73. The van der Waals surface area contributed by atoms with Gasteiger partial charge in [-0.1, -0.05) is 6.92 Å². The molecule has 0 N–H and O–H groups in total. The molecule has 1 atom stereocenters. The smallest absolute Gasteiger partial charge is 0.0664 e. The lowest BCUT2D eigenvalue weighted by Gasteiger charge is -2.00. The van der Waals surface area contributed by atoms with Gasteiger partial charge in [0.2, 0.25) is 0 Å². The van der Waals surface area contributed by atoms with Gasteiger partial charge < -0.3 is 0 Å². The fourth-order valence-electron chi connectivity index (χ4n) is 1.18. The number of rotatable bonds is 2. The summed E-state index contributed by atoms with van der Waals surface area (Å²) >= 11 is 4.37. The van der Waals surface area contributed by atoms with Gasteiger partial charge in [0.05, 0.1) is 5.69 Å². The van der Waals surface area contributed by atoms with Crippen molar-refractivity contribution in [3.8, 4) is 0 Å². The first kappa shape index (κ1) is 8.65. The summed E-state index contributed by atoms with van der Waals surface area (Å²) in [6, 6.07) is 0. The molecule has 0 aliphatic rings. The third kappa shape index (κ3) is 1.77. The van der Waals surface area contributed by atoms with Gasteiger partial charge in [0.15, 0.2) is 0 Å². The molecule has 0 spiro atoms. The van der Waals surface area contributed by atoms with Crippen LogP contribution in [0.25, 0.3) is 0 Å². The Morgan fingerprint density at radius 3 is 2.73 bits per heavy atom. The van der Waals surface area contributed by atoms with E-state index in [9.17, 15) is 0 Å². The molecular weight excluding hydrogens is 156 g/mol. The Labute approximate surface area is 73.0 Å². The van der Waals surface area contributed by atoms with Crippen LogP contribution in [0.3, 0.4) is 0 Å². The summed E-state index contributed by atoms with van der Waals surface area (Å²) in [4.78, 5) is 0. The lowest BCUT2D eigenvalue weighted by Crippen LogP contribution is -1.90. The van der Waals surface area contributed by atoms with Crippen LogP contribution in [0.15, 0.2) is 6.20 Å². The molecule has 1 rings (SSSR count). The molecule has 1 aromatic rings. The average Bonchev–Trinajstić information content (AvgIpc) is 2.30. The molecule has 62 valence electrons. The summed E-state index contributed by atoms with van der Waals surface area (Å²) < 4.78 is 1.85. The lowest BCUT2D eigenvalue weighted by atomic mass is 10.1. The van der Waals surface area contributed by atoms with Gasteiger partial charge in [-0.05, 0) is 13.3 Å². The molecule has 11 heavy (non-hydrogen) atoms. The van der Waals surface area contributed by atoms with Crippen molar-refractivity contribution in [3.63, 3.8) is 0 Å². The largest absolute Gasteiger partial charge is 0.275 e. The highest BCUT2D eigenvalue weighted by atomic mass is 32.1. The molecule has 0 fully saturated rings. The minimum atomic E-state index is 0.290. The number of aryl methyl sites for hydroxylation is 2. The van der Waals surface area contributed by atoms with Crippen molar-refractivity contribution < 1.29 is 0 Å². The SMILES string of the molecule is CCc1nn(C)cc1C(C)S. The maximum atomic E-state index is 4.37. The van der Waals surface area contributed by atoms with Crippen molar-refractivity contribution in [1.82, 2.24) is 9.78 Å². The molecule has 0 aromatic carbocycles. The van der Waals surface area contributed by atoms with Crippen LogP contribution < -0.4 is 0 Å². The molecule has 1 heterocycles. The molecule has 3 heteroatoms. The third-order valence-electron chi connectivity index (χ3n) is 1.72. The monoisotopic (exact) mass is 170 g/mol. The van der Waals surface area contributed by atoms with E-state index in [1.165, 1.54) is 5.56 Å². The summed E-state index contributed by atoms with van der Waals surface area (Å²) in [6.45, 7) is 4.18. The molecular formula is C8H14N2S. The molecule has 1 aromatic heterocycles. The first-order chi connectivity index (χ1) is 5.15. The maximum Gasteiger partial charge on any atom is 0.0664 e. The predicted molar refractivity (Wildman–Crippen MR) is 50.0 cm³/mol. The van der Waals surface area contributed by atoms with E-state index in [0.29, 0.717) is 5.25 Å². The second-order valence-corrected chi connectivity index (χ2v) is 3.51. The van der Waals surface area contributed by atoms with Crippen LogP contribution in [0.5, 0.6) is 0 Å². The summed E-state index contributed by atoms with van der Waals surface area (Å²) in [6.07, 6.45) is 3.03. The zero-order valence-electron chi connectivity index (χ0n) is 7.20. The van der Waals surface area contributed by atoms with Crippen LogP contribution in [0.4, 0.5) is 0 Å². The van der Waals surface area contributed by atoms with Gasteiger partial charge in [0, 0.05) is 24.1 Å². The van der Waals surface area contributed by atoms with Crippen molar-refractivity contribution in [3.05, 3.63) is 17.5 Å². The summed E-state index contributed by atoms with van der Waals surface area (Å²) in [5, 5.41) is 4.61. The Kier molecular flexibility index (Phi) is 2.60. The van der Waals surface area contributed by atoms with Crippen molar-refractivity contribution in [1.29, 1.82) is 0 Å². The molecule has 0 aliphatic heterocycles. The van der Waals surface area contributed by atoms with E-state index < -0.39 is 0 Å². The molecule has 0 amide bonds. The van der Waals surface area contributed by atoms with E-state index in [2.05, 4.69) is 31.6 Å². The first-order valence-electron chi connectivity index (χ1n) is 3.85. The van der Waals surface area contributed by atoms with E-state index >= 15 is 0 Å². The fourth-order valence-corrected chi connectivity index (χ4v) is 1.39. The van der Waals surface area contributed by atoms with E-state index in [0.717, 1.165) is 12.1 Å². The van der Waals surface area contributed by atoms with Crippen LogP contribution in [0.1, 0.15) is 30.4 Å². The lowest BCUT2D eigenvalue weighted by molar-refractivity contribution is 0.746. The molecule has 0 aliphatic carbocycles. The highest BCUT2D eigenvalue weighted by Crippen LogP contribution is 2.21. The fraction of sp³-hybridized carbons (Fsp3) is 0.625. The zero-order chi connectivity index (χ0) is 8.43. The Bertz CT molecular complexity index is 240. The number of thiol groups is 1. The van der Waals surface area contributed by atoms with Crippen molar-refractivity contribution in [2.24, 2.45) is 7.05 Å². The summed E-state index contributed by atoms with van der Waals surface area (Å²) in [5.74, 6) is 0. The van der Waals surface area contributed by atoms with Crippen LogP contribution in [0.2, 0.25) is 0 Å². The van der Waals surface area contributed by atoms with Crippen molar-refractivity contribution in [2.75, 3.05) is 0 Å².